The van der Waals surface area contributed by atoms with Crippen molar-refractivity contribution in [2.24, 2.45) is 5.41 Å². The van der Waals surface area contributed by atoms with Crippen molar-refractivity contribution >= 4 is 52.3 Å². The van der Waals surface area contributed by atoms with Crippen LogP contribution in [0.1, 0.15) is 92.2 Å². The molecule has 0 atom stereocenters. The van der Waals surface area contributed by atoms with Crippen LogP contribution in [0.5, 0.6) is 0 Å². The number of carbonyl (C=O) groups is 3. The molecule has 0 radical (unpaired) electrons. The van der Waals surface area contributed by atoms with Crippen LogP contribution < -0.4 is 20.4 Å². The van der Waals surface area contributed by atoms with Crippen molar-refractivity contribution in [1.29, 1.82) is 0 Å². The van der Waals surface area contributed by atoms with Gasteiger partial charge < -0.3 is 20.4 Å². The zero-order chi connectivity index (χ0) is 39.3. The number of nitrogens with one attached hydrogen (secondary N) is 2. The molecule has 2 N–H and O–H groups in total. The number of aryl methyl sites for hydroxylation is 3. The van der Waals surface area contributed by atoms with E-state index in [1.807, 2.05) is 70.4 Å². The van der Waals surface area contributed by atoms with Gasteiger partial charge in [-0.15, -0.1) is 11.3 Å². The third kappa shape index (κ3) is 8.81. The van der Waals surface area contributed by atoms with Gasteiger partial charge in [0.2, 0.25) is 0 Å². The van der Waals surface area contributed by atoms with E-state index in [2.05, 4.69) is 39.3 Å². The molecule has 0 aliphatic carbocycles. The molecule has 3 aromatic carbocycles. The first-order valence-corrected chi connectivity index (χ1v) is 19.9. The minimum absolute atomic E-state index is 0.0949. The molecule has 0 unspecified atom stereocenters. The van der Waals surface area contributed by atoms with E-state index in [-0.39, 0.29) is 17.6 Å². The minimum atomic E-state index is -0.242. The van der Waals surface area contributed by atoms with Crippen LogP contribution >= 0.6 is 11.3 Å². The molecule has 5 aromatic rings. The summed E-state index contributed by atoms with van der Waals surface area (Å²) < 4.78 is 13.7. The van der Waals surface area contributed by atoms with E-state index in [0.29, 0.717) is 27.1 Å². The summed E-state index contributed by atoms with van der Waals surface area (Å²) in [6, 6.07) is 21.6. The van der Waals surface area contributed by atoms with Gasteiger partial charge in [-0.2, -0.15) is 0 Å². The first-order valence-electron chi connectivity index (χ1n) is 19.0. The first kappa shape index (κ1) is 39.3. The molecule has 0 spiro atoms. The van der Waals surface area contributed by atoms with Crippen LogP contribution in [0, 0.1) is 32.0 Å². The van der Waals surface area contributed by atoms with Crippen LogP contribution in [0.3, 0.4) is 0 Å². The van der Waals surface area contributed by atoms with Gasteiger partial charge in [-0.1, -0.05) is 44.9 Å². The number of aromatic nitrogens is 1. The molecular weight excluding hydrogens is 710 g/mol. The van der Waals surface area contributed by atoms with Crippen molar-refractivity contribution < 1.29 is 18.8 Å². The number of hydrogen-bond acceptors (Lipinski definition) is 7. The van der Waals surface area contributed by atoms with Crippen molar-refractivity contribution in [3.8, 4) is 10.4 Å². The van der Waals surface area contributed by atoms with Crippen LogP contribution in [0.4, 0.5) is 27.3 Å². The Kier molecular flexibility index (Phi) is 12.1. The Bertz CT molecular complexity index is 2160. The van der Waals surface area contributed by atoms with E-state index >= 15 is 0 Å². The van der Waals surface area contributed by atoms with Crippen LogP contribution in [0.2, 0.25) is 0 Å². The summed E-state index contributed by atoms with van der Waals surface area (Å²) in [5.74, 6) is 0.250. The molecule has 2 aliphatic rings. The average molecular weight is 760 g/mol. The molecule has 1 fully saturated rings. The molecule has 2 amide bonds. The largest absolute Gasteiger partial charge is 0.374 e. The molecule has 2 aromatic heterocycles. The number of nitrogens with zero attached hydrogens (tertiary/aromatic N) is 3. The van der Waals surface area contributed by atoms with Crippen molar-refractivity contribution in [2.75, 3.05) is 47.1 Å². The van der Waals surface area contributed by atoms with E-state index in [4.69, 9.17) is 0 Å². The number of carbonyl (C=O) groups excluding carboxylic acids is 3. The number of anilines is 4. The van der Waals surface area contributed by atoms with Gasteiger partial charge in [0.15, 0.2) is 0 Å². The zero-order valence-corrected chi connectivity index (χ0v) is 33.4. The van der Waals surface area contributed by atoms with Crippen LogP contribution in [-0.2, 0) is 6.42 Å². The van der Waals surface area contributed by atoms with Gasteiger partial charge in [0.1, 0.15) is 17.9 Å². The summed E-state index contributed by atoms with van der Waals surface area (Å²) in [7, 11) is 1.98. The monoisotopic (exact) mass is 759 g/mol. The van der Waals surface area contributed by atoms with Crippen LogP contribution in [0.25, 0.3) is 10.4 Å². The number of aldehydes is 1. The van der Waals surface area contributed by atoms with Gasteiger partial charge in [0.05, 0.1) is 10.4 Å². The summed E-state index contributed by atoms with van der Waals surface area (Å²) >= 11 is 1.48. The maximum Gasteiger partial charge on any atom is 0.265 e. The lowest BCUT2D eigenvalue weighted by molar-refractivity contribution is 0.101. The van der Waals surface area contributed by atoms with Crippen LogP contribution in [-0.4, -0.2) is 49.8 Å². The molecule has 10 heteroatoms. The molecule has 7 rings (SSSR count). The summed E-state index contributed by atoms with van der Waals surface area (Å²) in [6.45, 7) is 13.1. The summed E-state index contributed by atoms with van der Waals surface area (Å²) in [4.78, 5) is 47.3. The summed E-state index contributed by atoms with van der Waals surface area (Å²) in [5, 5.41) is 5.99. The third-order valence-electron chi connectivity index (χ3n) is 10.6. The Morgan fingerprint density at radius 2 is 1.60 bits per heavy atom. The topological polar surface area (TPSA) is 94.6 Å². The second kappa shape index (κ2) is 17.0. The zero-order valence-electron chi connectivity index (χ0n) is 32.6. The second-order valence-corrected chi connectivity index (χ2v) is 16.0. The lowest BCUT2D eigenvalue weighted by atomic mass is 9.72. The van der Waals surface area contributed by atoms with Gasteiger partial charge in [-0.25, -0.2) is 9.37 Å². The van der Waals surface area contributed by atoms with E-state index in [9.17, 15) is 18.8 Å². The fourth-order valence-electron chi connectivity index (χ4n) is 7.80. The normalized spacial score (nSPS) is 14.0. The molecule has 0 saturated carbocycles. The maximum atomic E-state index is 13.7. The highest BCUT2D eigenvalue weighted by Gasteiger charge is 2.43. The van der Waals surface area contributed by atoms with Gasteiger partial charge in [-0.3, -0.25) is 14.4 Å². The Morgan fingerprint density at radius 1 is 0.909 bits per heavy atom. The quantitative estimate of drug-likeness (QED) is 0.138. The molecular formula is C45H50FN5O3S. The Morgan fingerprint density at radius 3 is 2.25 bits per heavy atom. The standard InChI is InChI=1S/C23H29N3O2.C22H21FN2OS/c1-4-10-23(11-5-2)15-26(16-23)21-20(12-17(3)13-24-21)22(28)25-19-8-6-18(14-27)7-9-19;1-13-5-4-6-14(2)20(13)24-22(26)19-11-15-9-10-25(3)18-12-16(23)7-8-17(18)21(15)27-19/h6-9,12-14H,4-5,10-11,15-16H2,1-3H3,(H,25,28);4-8,11-12H,9-10H2,1-3H3,(H,24,26). The fourth-order valence-corrected chi connectivity index (χ4v) is 8.94. The predicted molar refractivity (Wildman–Crippen MR) is 224 cm³/mol. The van der Waals surface area contributed by atoms with Crippen molar-refractivity contribution in [2.45, 2.75) is 66.7 Å². The molecule has 55 heavy (non-hydrogen) atoms. The Labute approximate surface area is 327 Å². The highest BCUT2D eigenvalue weighted by molar-refractivity contribution is 7.17. The number of benzene rings is 3. The van der Waals surface area contributed by atoms with E-state index < -0.39 is 0 Å². The second-order valence-electron chi connectivity index (χ2n) is 15.0. The number of amides is 2. The number of rotatable bonds is 10. The minimum Gasteiger partial charge on any atom is -0.374 e. The van der Waals surface area contributed by atoms with Gasteiger partial charge >= 0.3 is 0 Å². The van der Waals surface area contributed by atoms with Crippen molar-refractivity contribution in [1.82, 2.24) is 4.98 Å². The fraction of sp³-hybridized carbons (Fsp3) is 0.333. The summed E-state index contributed by atoms with van der Waals surface area (Å²) in [5.41, 5.74) is 9.12. The molecule has 8 nitrogen and oxygen atoms in total. The van der Waals surface area contributed by atoms with Crippen molar-refractivity contribution in [3.63, 3.8) is 0 Å². The number of likely N-dealkylation sites (N-methyl/N-ethyl adjacent to an activating group) is 1. The Balaban J connectivity index is 0.000000187. The number of para-hydroxylation sites is 1. The maximum absolute atomic E-state index is 13.7. The summed E-state index contributed by atoms with van der Waals surface area (Å²) in [6.07, 6.45) is 8.23. The molecule has 2 aliphatic heterocycles. The van der Waals surface area contributed by atoms with Gasteiger partial charge in [0, 0.05) is 71.4 Å². The number of hydrogen-bond donors (Lipinski definition) is 2. The highest BCUT2D eigenvalue weighted by Crippen LogP contribution is 2.43. The van der Waals surface area contributed by atoms with Crippen molar-refractivity contribution in [3.05, 3.63) is 123 Å². The molecule has 1 saturated heterocycles. The number of halogens is 1. The lowest BCUT2D eigenvalue weighted by Crippen LogP contribution is -2.57. The Hall–Kier alpha value is -5.35. The number of pyridine rings is 1. The first-order chi connectivity index (χ1) is 26.4. The van der Waals surface area contributed by atoms with Crippen LogP contribution in [0.15, 0.2) is 79.0 Å². The molecule has 4 heterocycles. The smallest absolute Gasteiger partial charge is 0.265 e. The van der Waals surface area contributed by atoms with E-state index in [0.717, 1.165) is 82.2 Å². The average Bonchev–Trinajstić information content (AvgIpc) is 3.54. The van der Waals surface area contributed by atoms with E-state index in [1.54, 1.807) is 30.3 Å². The molecule has 286 valence electrons. The lowest BCUT2D eigenvalue weighted by Gasteiger charge is -2.51. The number of thiophene rings is 1. The van der Waals surface area contributed by atoms with Gasteiger partial charge in [0.25, 0.3) is 11.8 Å². The van der Waals surface area contributed by atoms with E-state index in [1.165, 1.54) is 43.1 Å². The third-order valence-corrected chi connectivity index (χ3v) is 11.8. The van der Waals surface area contributed by atoms with Gasteiger partial charge in [-0.05, 0) is 117 Å². The molecule has 0 bridgehead atoms. The number of fused-ring (bicyclic) bond motifs is 3. The SMILES string of the molecule is CCCC1(CCC)CN(c2ncc(C)cc2C(=O)Nc2ccc(C=O)cc2)C1.Cc1cccc(C)c1NC(=O)c1cc2c(s1)-c1ccc(F)cc1N(C)CC2. The predicted octanol–water partition coefficient (Wildman–Crippen LogP) is 10.3. The highest BCUT2D eigenvalue weighted by atomic mass is 32.1.